The van der Waals surface area contributed by atoms with Crippen LogP contribution < -0.4 is 0 Å². The smallest absolute Gasteiger partial charge is 0.328 e. The highest BCUT2D eigenvalue weighted by atomic mass is 19.1. The quantitative estimate of drug-likeness (QED) is 0.278. The lowest BCUT2D eigenvalue weighted by Crippen LogP contribution is -2.50. The summed E-state index contributed by atoms with van der Waals surface area (Å²) in [5, 5.41) is 0.925. The number of likely N-dealkylation sites (tertiary alicyclic amines) is 1. The first kappa shape index (κ1) is 30.2. The van der Waals surface area contributed by atoms with E-state index in [1.807, 2.05) is 13.0 Å². The van der Waals surface area contributed by atoms with Gasteiger partial charge in [-0.25, -0.2) is 13.6 Å². The lowest BCUT2D eigenvalue weighted by Gasteiger charge is -2.40. The van der Waals surface area contributed by atoms with Crippen LogP contribution in [0.1, 0.15) is 76.1 Å². The molecule has 0 radical (unpaired) electrons. The molecule has 8 heteroatoms. The number of rotatable bonds is 7. The van der Waals surface area contributed by atoms with E-state index in [2.05, 4.69) is 13.8 Å². The Hall–Kier alpha value is -3.26. The maximum absolute atomic E-state index is 14.6. The third-order valence-corrected chi connectivity index (χ3v) is 9.28. The van der Waals surface area contributed by atoms with Crippen molar-refractivity contribution < 1.29 is 27.8 Å². The highest BCUT2D eigenvalue weighted by Crippen LogP contribution is 2.39. The normalized spacial score (nSPS) is 20.7. The van der Waals surface area contributed by atoms with Crippen molar-refractivity contribution in [3.63, 3.8) is 0 Å². The van der Waals surface area contributed by atoms with E-state index in [-0.39, 0.29) is 29.7 Å². The molecule has 0 unspecified atom stereocenters. The van der Waals surface area contributed by atoms with Crippen molar-refractivity contribution in [3.8, 4) is 0 Å². The predicted molar refractivity (Wildman–Crippen MR) is 159 cm³/mol. The number of methoxy groups -OCH3 is 1. The molecule has 3 aromatic rings. The summed E-state index contributed by atoms with van der Waals surface area (Å²) < 4.78 is 41.2. The minimum atomic E-state index is -0.957. The summed E-state index contributed by atoms with van der Waals surface area (Å²) in [6.07, 6.45) is 6.88. The number of benzene rings is 2. The van der Waals surface area contributed by atoms with Gasteiger partial charge in [-0.1, -0.05) is 19.1 Å². The van der Waals surface area contributed by atoms with Gasteiger partial charge < -0.3 is 14.4 Å². The van der Waals surface area contributed by atoms with Crippen LogP contribution in [0.25, 0.3) is 10.9 Å². The molecule has 1 aliphatic carbocycles. The molecule has 0 bridgehead atoms. The molecule has 2 aliphatic rings. The molecule has 0 atom stereocenters. The summed E-state index contributed by atoms with van der Waals surface area (Å²) >= 11 is 0. The Morgan fingerprint density at radius 2 is 1.62 bits per heavy atom. The summed E-state index contributed by atoms with van der Waals surface area (Å²) in [5.41, 5.74) is 2.36. The molecular weight excluding hydrogens is 538 g/mol. The van der Waals surface area contributed by atoms with Crippen LogP contribution in [0, 0.1) is 17.6 Å². The van der Waals surface area contributed by atoms with Crippen molar-refractivity contribution in [1.82, 2.24) is 9.47 Å². The zero-order valence-electron chi connectivity index (χ0n) is 25.1. The van der Waals surface area contributed by atoms with Gasteiger partial charge in [-0.3, -0.25) is 9.36 Å². The molecule has 2 aromatic carbocycles. The van der Waals surface area contributed by atoms with Gasteiger partial charge in [0.1, 0.15) is 11.6 Å². The summed E-state index contributed by atoms with van der Waals surface area (Å²) in [6.45, 7) is 6.83. The zero-order valence-corrected chi connectivity index (χ0v) is 25.1. The van der Waals surface area contributed by atoms with Gasteiger partial charge in [0.2, 0.25) is 0 Å². The molecule has 226 valence electrons. The fourth-order valence-corrected chi connectivity index (χ4v) is 7.14. The van der Waals surface area contributed by atoms with Gasteiger partial charge in [0.25, 0.3) is 0 Å². The molecule has 6 nitrogen and oxygen atoms in total. The summed E-state index contributed by atoms with van der Waals surface area (Å²) in [7, 11) is 1.35. The third-order valence-electron chi connectivity index (χ3n) is 9.28. The molecule has 1 saturated heterocycles. The number of ether oxygens (including phenoxy) is 2. The number of amides is 1. The molecule has 0 N–H and O–H groups in total. The second kappa shape index (κ2) is 12.5. The van der Waals surface area contributed by atoms with E-state index in [9.17, 15) is 18.4 Å². The van der Waals surface area contributed by atoms with E-state index in [0.717, 1.165) is 48.7 Å². The summed E-state index contributed by atoms with van der Waals surface area (Å²) in [6, 6.07) is 10.5. The van der Waals surface area contributed by atoms with Crippen LogP contribution in [-0.2, 0) is 32.5 Å². The van der Waals surface area contributed by atoms with Crippen LogP contribution in [0.3, 0.4) is 0 Å². The number of carbonyl (C=O) groups is 2. The first-order chi connectivity index (χ1) is 20.2. The number of piperidine rings is 1. The average molecular weight is 581 g/mol. The number of carbonyl (C=O) groups excluding carboxylic acids is 2. The number of hydrogen-bond donors (Lipinski definition) is 0. The molecule has 1 aliphatic heterocycles. The number of hydrogen-bond acceptors (Lipinski definition) is 4. The van der Waals surface area contributed by atoms with Crippen LogP contribution in [0.4, 0.5) is 13.6 Å². The van der Waals surface area contributed by atoms with Gasteiger partial charge in [0.15, 0.2) is 0 Å². The van der Waals surface area contributed by atoms with Gasteiger partial charge in [-0.15, -0.1) is 0 Å². The van der Waals surface area contributed by atoms with E-state index in [0.29, 0.717) is 55.5 Å². The molecule has 1 amide bonds. The Bertz CT molecular complexity index is 1420. The number of halogens is 2. The predicted octanol–water partition coefficient (Wildman–Crippen LogP) is 7.18. The van der Waals surface area contributed by atoms with Crippen molar-refractivity contribution in [2.45, 2.75) is 89.8 Å². The molecule has 42 heavy (non-hydrogen) atoms. The summed E-state index contributed by atoms with van der Waals surface area (Å²) in [5.74, 6) is -0.667. The second-order valence-corrected chi connectivity index (χ2v) is 12.2. The standard InChI is InChI=1S/C34H42F2N2O4/c1-5-30-29(20-23-6-13-27(14-7-23)42-22(2)3)28-15-12-26(36)21-31(28)38(30)33(40)37-18-16-34(17-19-37,32(39)41-4)24-8-10-25(35)11-9-24/h8-12,15,21-23,27H,5-7,13-14,16-20H2,1-4H3. The molecular formula is C34H42F2N2O4. The third kappa shape index (κ3) is 5.83. The second-order valence-electron chi connectivity index (χ2n) is 12.2. The first-order valence-corrected chi connectivity index (χ1v) is 15.3. The Labute approximate surface area is 247 Å². The molecule has 0 spiro atoms. The van der Waals surface area contributed by atoms with E-state index < -0.39 is 5.41 Å². The monoisotopic (exact) mass is 580 g/mol. The Morgan fingerprint density at radius 1 is 0.976 bits per heavy atom. The van der Waals surface area contributed by atoms with Gasteiger partial charge in [-0.05, 0) is 113 Å². The Morgan fingerprint density at radius 3 is 2.21 bits per heavy atom. The number of fused-ring (bicyclic) bond motifs is 1. The Balaban J connectivity index is 1.41. The Kier molecular flexibility index (Phi) is 9.02. The molecule has 2 fully saturated rings. The van der Waals surface area contributed by atoms with E-state index in [4.69, 9.17) is 9.47 Å². The van der Waals surface area contributed by atoms with Gasteiger partial charge in [-0.2, -0.15) is 0 Å². The van der Waals surface area contributed by atoms with E-state index >= 15 is 0 Å². The lowest BCUT2D eigenvalue weighted by atomic mass is 9.72. The highest BCUT2D eigenvalue weighted by Gasteiger charge is 2.45. The van der Waals surface area contributed by atoms with Crippen LogP contribution in [0.5, 0.6) is 0 Å². The van der Waals surface area contributed by atoms with Crippen molar-refractivity contribution in [2.75, 3.05) is 20.2 Å². The summed E-state index contributed by atoms with van der Waals surface area (Å²) in [4.78, 5) is 28.9. The average Bonchev–Trinajstić information content (AvgIpc) is 3.29. The fourth-order valence-electron chi connectivity index (χ4n) is 7.14. The fraction of sp³-hybridized carbons (Fsp3) is 0.529. The molecule has 1 saturated carbocycles. The van der Waals surface area contributed by atoms with Crippen molar-refractivity contribution in [3.05, 3.63) is 70.9 Å². The topological polar surface area (TPSA) is 60.8 Å². The SMILES string of the molecule is CCc1c(CC2CCC(OC(C)C)CC2)c2ccc(F)cc2n1C(=O)N1CCC(C(=O)OC)(c2ccc(F)cc2)CC1. The van der Waals surface area contributed by atoms with Crippen molar-refractivity contribution in [1.29, 1.82) is 0 Å². The van der Waals surface area contributed by atoms with Crippen molar-refractivity contribution >= 4 is 22.9 Å². The van der Waals surface area contributed by atoms with Gasteiger partial charge in [0, 0.05) is 24.2 Å². The van der Waals surface area contributed by atoms with E-state index in [1.54, 1.807) is 21.6 Å². The lowest BCUT2D eigenvalue weighted by molar-refractivity contribution is -0.149. The number of nitrogens with zero attached hydrogens (tertiary/aromatic N) is 2. The van der Waals surface area contributed by atoms with Crippen molar-refractivity contribution in [2.24, 2.45) is 5.92 Å². The molecule has 5 rings (SSSR count). The molecule has 1 aromatic heterocycles. The number of esters is 1. The first-order valence-electron chi connectivity index (χ1n) is 15.3. The van der Waals surface area contributed by atoms with Crippen LogP contribution >= 0.6 is 0 Å². The van der Waals surface area contributed by atoms with Crippen LogP contribution in [0.2, 0.25) is 0 Å². The highest BCUT2D eigenvalue weighted by molar-refractivity contribution is 5.96. The van der Waals surface area contributed by atoms with E-state index in [1.165, 1.54) is 31.4 Å². The largest absolute Gasteiger partial charge is 0.468 e. The van der Waals surface area contributed by atoms with Gasteiger partial charge in [0.05, 0.1) is 30.2 Å². The number of aromatic nitrogens is 1. The van der Waals surface area contributed by atoms with Crippen LogP contribution in [-0.4, -0.2) is 53.9 Å². The maximum atomic E-state index is 14.6. The minimum absolute atomic E-state index is 0.208. The van der Waals surface area contributed by atoms with Gasteiger partial charge >= 0.3 is 12.0 Å². The zero-order chi connectivity index (χ0) is 30.0. The van der Waals surface area contributed by atoms with Crippen LogP contribution in [0.15, 0.2) is 42.5 Å². The maximum Gasteiger partial charge on any atom is 0.328 e. The minimum Gasteiger partial charge on any atom is -0.468 e. The molecule has 2 heterocycles.